The van der Waals surface area contributed by atoms with Gasteiger partial charge in [0.2, 0.25) is 5.91 Å². The van der Waals surface area contributed by atoms with Gasteiger partial charge in [-0.1, -0.05) is 19.0 Å². The molecule has 2 saturated carbocycles. The second-order valence-corrected chi connectivity index (χ2v) is 5.96. The Hall–Kier alpha value is -1.26. The number of hydrogen-bond acceptors (Lipinski definition) is 3. The molecule has 5 nitrogen and oxygen atoms in total. The first-order chi connectivity index (χ1) is 8.54. The van der Waals surface area contributed by atoms with Crippen LogP contribution in [0.4, 0.5) is 0 Å². The molecule has 0 heterocycles. The van der Waals surface area contributed by atoms with Crippen molar-refractivity contribution < 1.29 is 10.0 Å². The second kappa shape index (κ2) is 5.16. The summed E-state index contributed by atoms with van der Waals surface area (Å²) in [6, 6.07) is 0.310. The maximum Gasteiger partial charge on any atom is 0.231 e. The summed E-state index contributed by atoms with van der Waals surface area (Å²) >= 11 is 0. The summed E-state index contributed by atoms with van der Waals surface area (Å²) in [4.78, 5) is 12.3. The number of oxime groups is 1. The van der Waals surface area contributed by atoms with Crippen LogP contribution in [0.25, 0.3) is 0 Å². The van der Waals surface area contributed by atoms with Crippen molar-refractivity contribution in [2.45, 2.75) is 45.6 Å². The Bertz CT molecular complexity index is 334. The standard InChI is InChI=1S/C13H23N3O2/c1-7(2)10(12(14)16-18)13(17)15-11(8-3-4-8)9-5-6-9/h7-11,18H,3-6H2,1-2H3,(H2,14,16)(H,15,17). The Morgan fingerprint density at radius 3 is 2.11 bits per heavy atom. The lowest BCUT2D eigenvalue weighted by Gasteiger charge is -2.24. The van der Waals surface area contributed by atoms with Crippen LogP contribution < -0.4 is 11.1 Å². The first kappa shape index (κ1) is 13.2. The van der Waals surface area contributed by atoms with Gasteiger partial charge in [0, 0.05) is 6.04 Å². The lowest BCUT2D eigenvalue weighted by Crippen LogP contribution is -2.47. The summed E-state index contributed by atoms with van der Waals surface area (Å²) in [6.45, 7) is 3.82. The van der Waals surface area contributed by atoms with Crippen molar-refractivity contribution in [2.24, 2.45) is 34.6 Å². The first-order valence-corrected chi connectivity index (χ1v) is 6.82. The largest absolute Gasteiger partial charge is 0.409 e. The van der Waals surface area contributed by atoms with Gasteiger partial charge in [0.15, 0.2) is 5.84 Å². The van der Waals surface area contributed by atoms with Crippen LogP contribution in [0.15, 0.2) is 5.16 Å². The number of nitrogens with zero attached hydrogens (tertiary/aromatic N) is 1. The molecule has 0 saturated heterocycles. The van der Waals surface area contributed by atoms with E-state index in [2.05, 4.69) is 10.5 Å². The van der Waals surface area contributed by atoms with Crippen molar-refractivity contribution in [3.8, 4) is 0 Å². The van der Waals surface area contributed by atoms with Gasteiger partial charge < -0.3 is 16.3 Å². The van der Waals surface area contributed by atoms with Crippen molar-refractivity contribution in [3.63, 3.8) is 0 Å². The molecule has 0 radical (unpaired) electrons. The number of carbonyl (C=O) groups is 1. The SMILES string of the molecule is CC(C)C(C(=O)NC(C1CC1)C1CC1)C(N)=NO. The van der Waals surface area contributed by atoms with Gasteiger partial charge in [0.05, 0.1) is 0 Å². The summed E-state index contributed by atoms with van der Waals surface area (Å²) in [5.74, 6) is 0.718. The highest BCUT2D eigenvalue weighted by atomic mass is 16.4. The van der Waals surface area contributed by atoms with Crippen molar-refractivity contribution in [3.05, 3.63) is 0 Å². The molecule has 0 bridgehead atoms. The molecule has 1 amide bonds. The van der Waals surface area contributed by atoms with Gasteiger partial charge in [0.1, 0.15) is 5.92 Å². The van der Waals surface area contributed by atoms with Crippen LogP contribution in [-0.4, -0.2) is 23.0 Å². The monoisotopic (exact) mass is 253 g/mol. The van der Waals surface area contributed by atoms with Crippen LogP contribution in [0.3, 0.4) is 0 Å². The third-order valence-corrected chi connectivity index (χ3v) is 3.95. The molecule has 18 heavy (non-hydrogen) atoms. The molecule has 2 rings (SSSR count). The zero-order valence-corrected chi connectivity index (χ0v) is 11.1. The van der Waals surface area contributed by atoms with E-state index in [1.165, 1.54) is 25.7 Å². The van der Waals surface area contributed by atoms with Gasteiger partial charge in [-0.2, -0.15) is 0 Å². The number of nitrogens with one attached hydrogen (secondary N) is 1. The Morgan fingerprint density at radius 1 is 1.28 bits per heavy atom. The Balaban J connectivity index is 1.99. The summed E-state index contributed by atoms with van der Waals surface area (Å²) in [7, 11) is 0. The zero-order chi connectivity index (χ0) is 13.3. The highest BCUT2D eigenvalue weighted by Gasteiger charge is 2.43. The topological polar surface area (TPSA) is 87.7 Å². The van der Waals surface area contributed by atoms with Gasteiger partial charge in [0.25, 0.3) is 0 Å². The number of carbonyl (C=O) groups excluding carboxylic acids is 1. The molecule has 4 N–H and O–H groups in total. The summed E-state index contributed by atoms with van der Waals surface area (Å²) in [6.07, 6.45) is 4.88. The Kier molecular flexibility index (Phi) is 3.78. The maximum atomic E-state index is 12.3. The number of hydrogen-bond donors (Lipinski definition) is 3. The first-order valence-electron chi connectivity index (χ1n) is 6.82. The minimum atomic E-state index is -0.532. The highest BCUT2D eigenvalue weighted by molar-refractivity contribution is 6.02. The molecule has 2 fully saturated rings. The molecule has 1 unspecified atom stereocenters. The van der Waals surface area contributed by atoms with Gasteiger partial charge in [-0.05, 0) is 43.4 Å². The molecule has 102 valence electrons. The van der Waals surface area contributed by atoms with Crippen LogP contribution in [0, 0.1) is 23.7 Å². The number of amides is 1. The molecule has 1 atom stereocenters. The molecule has 0 aromatic heterocycles. The predicted molar refractivity (Wildman–Crippen MR) is 69.1 cm³/mol. The molecule has 2 aliphatic carbocycles. The second-order valence-electron chi connectivity index (χ2n) is 5.96. The minimum Gasteiger partial charge on any atom is -0.409 e. The maximum absolute atomic E-state index is 12.3. The molecule has 0 aromatic rings. The van der Waals surface area contributed by atoms with E-state index in [9.17, 15) is 4.79 Å². The van der Waals surface area contributed by atoms with Gasteiger partial charge in [-0.3, -0.25) is 4.79 Å². The van der Waals surface area contributed by atoms with Crippen molar-refractivity contribution >= 4 is 11.7 Å². The normalized spacial score (nSPS) is 22.3. The van der Waals surface area contributed by atoms with E-state index in [1.54, 1.807) is 0 Å². The van der Waals surface area contributed by atoms with Gasteiger partial charge in [-0.15, -0.1) is 0 Å². The van der Waals surface area contributed by atoms with Crippen LogP contribution in [0.2, 0.25) is 0 Å². The molecule has 2 aliphatic rings. The summed E-state index contributed by atoms with van der Waals surface area (Å²) < 4.78 is 0. The minimum absolute atomic E-state index is 0.00726. The number of amidine groups is 1. The third kappa shape index (κ3) is 2.94. The van der Waals surface area contributed by atoms with Gasteiger partial charge >= 0.3 is 0 Å². The van der Waals surface area contributed by atoms with Crippen LogP contribution >= 0.6 is 0 Å². The van der Waals surface area contributed by atoms with E-state index in [1.807, 2.05) is 13.8 Å². The number of rotatable bonds is 6. The van der Waals surface area contributed by atoms with Crippen molar-refractivity contribution in [1.29, 1.82) is 0 Å². The molecular weight excluding hydrogens is 230 g/mol. The highest BCUT2D eigenvalue weighted by Crippen LogP contribution is 2.44. The molecular formula is C13H23N3O2. The van der Waals surface area contributed by atoms with Crippen LogP contribution in [-0.2, 0) is 4.79 Å². The summed E-state index contributed by atoms with van der Waals surface area (Å²) in [5.41, 5.74) is 5.62. The van der Waals surface area contributed by atoms with E-state index in [-0.39, 0.29) is 17.7 Å². The summed E-state index contributed by atoms with van der Waals surface area (Å²) in [5, 5.41) is 14.9. The molecule has 5 heteroatoms. The zero-order valence-electron chi connectivity index (χ0n) is 11.1. The van der Waals surface area contributed by atoms with Crippen LogP contribution in [0.5, 0.6) is 0 Å². The fraction of sp³-hybridized carbons (Fsp3) is 0.846. The lowest BCUT2D eigenvalue weighted by atomic mass is 9.93. The molecule has 0 aromatic carbocycles. The predicted octanol–water partition coefficient (Wildman–Crippen LogP) is 1.31. The molecule has 0 aliphatic heterocycles. The number of nitrogens with two attached hydrogens (primary N) is 1. The van der Waals surface area contributed by atoms with E-state index < -0.39 is 5.92 Å². The quantitative estimate of drug-likeness (QED) is 0.288. The Labute approximate surface area is 108 Å². The fourth-order valence-electron chi connectivity index (χ4n) is 2.63. The van der Waals surface area contributed by atoms with E-state index in [0.29, 0.717) is 17.9 Å². The average Bonchev–Trinajstić information content (AvgIpc) is 3.16. The lowest BCUT2D eigenvalue weighted by molar-refractivity contribution is -0.125. The van der Waals surface area contributed by atoms with Gasteiger partial charge in [-0.25, -0.2) is 0 Å². The average molecular weight is 253 g/mol. The van der Waals surface area contributed by atoms with E-state index in [4.69, 9.17) is 10.9 Å². The van der Waals surface area contributed by atoms with E-state index in [0.717, 1.165) is 0 Å². The van der Waals surface area contributed by atoms with E-state index >= 15 is 0 Å². The smallest absolute Gasteiger partial charge is 0.231 e. The Morgan fingerprint density at radius 2 is 1.78 bits per heavy atom. The molecule has 0 spiro atoms. The van der Waals surface area contributed by atoms with Crippen molar-refractivity contribution in [1.82, 2.24) is 5.32 Å². The van der Waals surface area contributed by atoms with Crippen molar-refractivity contribution in [2.75, 3.05) is 0 Å². The van der Waals surface area contributed by atoms with Crippen LogP contribution in [0.1, 0.15) is 39.5 Å². The third-order valence-electron chi connectivity index (χ3n) is 3.95. The fourth-order valence-corrected chi connectivity index (χ4v) is 2.63.